The third-order valence-corrected chi connectivity index (χ3v) is 1.58. The Bertz CT molecular complexity index is 126. The normalized spacial score (nSPS) is 10.5. The predicted molar refractivity (Wildman–Crippen MR) is 47.0 cm³/mol. The zero-order valence-electron chi connectivity index (χ0n) is 6.96. The van der Waals surface area contributed by atoms with Gasteiger partial charge in [-0.2, -0.15) is 0 Å². The topological polar surface area (TPSA) is 63.3 Å². The molecule has 68 valence electrons. The van der Waals surface area contributed by atoms with Crippen LogP contribution in [0.4, 0.5) is 0 Å². The van der Waals surface area contributed by atoms with E-state index in [4.69, 9.17) is 10.8 Å². The Hall–Kier alpha value is -0.280. The van der Waals surface area contributed by atoms with Crippen LogP contribution in [0.1, 0.15) is 26.7 Å². The van der Waals surface area contributed by atoms with Gasteiger partial charge in [0.05, 0.1) is 5.41 Å². The minimum absolute atomic E-state index is 0. The minimum Gasteiger partial charge on any atom is -0.481 e. The van der Waals surface area contributed by atoms with Crippen LogP contribution in [0.5, 0.6) is 0 Å². The highest BCUT2D eigenvalue weighted by molar-refractivity contribution is 5.85. The maximum Gasteiger partial charge on any atom is 0.309 e. The van der Waals surface area contributed by atoms with E-state index in [0.29, 0.717) is 13.0 Å². The van der Waals surface area contributed by atoms with Gasteiger partial charge in [0.2, 0.25) is 0 Å². The van der Waals surface area contributed by atoms with Crippen molar-refractivity contribution in [2.75, 3.05) is 6.54 Å². The van der Waals surface area contributed by atoms with Crippen LogP contribution in [-0.4, -0.2) is 17.6 Å². The summed E-state index contributed by atoms with van der Waals surface area (Å²) in [5.74, 6) is -0.749. The Morgan fingerprint density at radius 3 is 2.27 bits per heavy atom. The highest BCUT2D eigenvalue weighted by Gasteiger charge is 2.25. The largest absolute Gasteiger partial charge is 0.481 e. The molecule has 11 heavy (non-hydrogen) atoms. The van der Waals surface area contributed by atoms with Crippen LogP contribution >= 0.6 is 12.4 Å². The van der Waals surface area contributed by atoms with Crippen molar-refractivity contribution >= 4 is 18.4 Å². The molecule has 0 saturated carbocycles. The van der Waals surface area contributed by atoms with E-state index in [1.807, 2.05) is 0 Å². The molecule has 0 amide bonds. The summed E-state index contributed by atoms with van der Waals surface area (Å²) in [7, 11) is 0. The van der Waals surface area contributed by atoms with Gasteiger partial charge >= 0.3 is 5.97 Å². The van der Waals surface area contributed by atoms with Crippen molar-refractivity contribution in [3.05, 3.63) is 0 Å². The minimum atomic E-state index is -0.749. The molecule has 0 bridgehead atoms. The molecule has 0 atom stereocenters. The molecule has 0 aliphatic heterocycles. The second-order valence-electron chi connectivity index (χ2n) is 3.08. The summed E-state index contributed by atoms with van der Waals surface area (Å²) in [4.78, 5) is 10.5. The van der Waals surface area contributed by atoms with Crippen LogP contribution in [0.2, 0.25) is 0 Å². The molecule has 0 aromatic rings. The van der Waals surface area contributed by atoms with Gasteiger partial charge in [-0.05, 0) is 33.2 Å². The second kappa shape index (κ2) is 5.38. The molecule has 0 aliphatic rings. The summed E-state index contributed by atoms with van der Waals surface area (Å²) in [5, 5.41) is 8.63. The van der Waals surface area contributed by atoms with E-state index in [1.165, 1.54) is 0 Å². The number of carboxylic acids is 1. The zero-order chi connectivity index (χ0) is 8.20. The molecule has 0 saturated heterocycles. The maximum absolute atomic E-state index is 10.5. The van der Waals surface area contributed by atoms with E-state index in [0.717, 1.165) is 6.42 Å². The number of nitrogens with two attached hydrogens (primary N) is 1. The Morgan fingerprint density at radius 1 is 1.55 bits per heavy atom. The van der Waals surface area contributed by atoms with E-state index >= 15 is 0 Å². The lowest BCUT2D eigenvalue weighted by molar-refractivity contribution is -0.147. The highest BCUT2D eigenvalue weighted by Crippen LogP contribution is 2.21. The van der Waals surface area contributed by atoms with E-state index < -0.39 is 11.4 Å². The van der Waals surface area contributed by atoms with Crippen molar-refractivity contribution in [1.29, 1.82) is 0 Å². The van der Waals surface area contributed by atoms with Crippen molar-refractivity contribution in [3.63, 3.8) is 0 Å². The van der Waals surface area contributed by atoms with Crippen LogP contribution in [-0.2, 0) is 4.79 Å². The Labute approximate surface area is 73.4 Å². The lowest BCUT2D eigenvalue weighted by atomic mass is 9.88. The molecule has 4 heteroatoms. The standard InChI is InChI=1S/C7H15NO2.ClH/c1-7(2,6(9)10)4-3-5-8;/h3-5,8H2,1-2H3,(H,9,10);1H. The van der Waals surface area contributed by atoms with Crippen LogP contribution < -0.4 is 5.73 Å². The van der Waals surface area contributed by atoms with Crippen LogP contribution in [0.15, 0.2) is 0 Å². The van der Waals surface area contributed by atoms with Gasteiger partial charge in [-0.15, -0.1) is 12.4 Å². The SMILES string of the molecule is CC(C)(CCCN)C(=O)O.Cl. The van der Waals surface area contributed by atoms with Gasteiger partial charge in [0.25, 0.3) is 0 Å². The molecule has 3 N–H and O–H groups in total. The van der Waals surface area contributed by atoms with Gasteiger partial charge in [0.1, 0.15) is 0 Å². The second-order valence-corrected chi connectivity index (χ2v) is 3.08. The van der Waals surface area contributed by atoms with Crippen LogP contribution in [0.3, 0.4) is 0 Å². The first kappa shape index (κ1) is 13.3. The fraction of sp³-hybridized carbons (Fsp3) is 0.857. The average molecular weight is 182 g/mol. The van der Waals surface area contributed by atoms with Gasteiger partial charge in [-0.1, -0.05) is 0 Å². The summed E-state index contributed by atoms with van der Waals surface area (Å²) in [6, 6.07) is 0. The molecule has 0 aromatic heterocycles. The maximum atomic E-state index is 10.5. The Balaban J connectivity index is 0. The van der Waals surface area contributed by atoms with Crippen molar-refractivity contribution in [2.45, 2.75) is 26.7 Å². The first-order valence-electron chi connectivity index (χ1n) is 3.44. The molecule has 0 spiro atoms. The van der Waals surface area contributed by atoms with Crippen molar-refractivity contribution in [3.8, 4) is 0 Å². The van der Waals surface area contributed by atoms with Gasteiger partial charge < -0.3 is 10.8 Å². The number of aliphatic carboxylic acids is 1. The number of hydrogen-bond acceptors (Lipinski definition) is 2. The number of rotatable bonds is 4. The summed E-state index contributed by atoms with van der Waals surface area (Å²) in [6.45, 7) is 3.99. The first-order chi connectivity index (χ1) is 4.50. The lowest BCUT2D eigenvalue weighted by Gasteiger charge is -2.17. The van der Waals surface area contributed by atoms with Gasteiger partial charge in [0, 0.05) is 0 Å². The van der Waals surface area contributed by atoms with Crippen LogP contribution in [0.25, 0.3) is 0 Å². The molecule has 0 unspecified atom stereocenters. The van der Waals surface area contributed by atoms with E-state index in [9.17, 15) is 4.79 Å². The monoisotopic (exact) mass is 181 g/mol. The third-order valence-electron chi connectivity index (χ3n) is 1.58. The zero-order valence-corrected chi connectivity index (χ0v) is 7.78. The number of halogens is 1. The molecule has 0 radical (unpaired) electrons. The average Bonchev–Trinajstić information content (AvgIpc) is 1.84. The van der Waals surface area contributed by atoms with Crippen molar-refractivity contribution < 1.29 is 9.90 Å². The van der Waals surface area contributed by atoms with Crippen molar-refractivity contribution in [1.82, 2.24) is 0 Å². The summed E-state index contributed by atoms with van der Waals surface area (Å²) in [5.41, 5.74) is 4.63. The predicted octanol–water partition coefficient (Wildman–Crippen LogP) is 1.26. The van der Waals surface area contributed by atoms with Gasteiger partial charge in [-0.3, -0.25) is 4.79 Å². The number of carbonyl (C=O) groups is 1. The molecule has 0 aliphatic carbocycles. The number of hydrogen-bond donors (Lipinski definition) is 2. The fourth-order valence-electron chi connectivity index (χ4n) is 0.651. The Kier molecular flexibility index (Phi) is 6.52. The third kappa shape index (κ3) is 5.04. The first-order valence-corrected chi connectivity index (χ1v) is 3.44. The van der Waals surface area contributed by atoms with Crippen molar-refractivity contribution in [2.24, 2.45) is 11.1 Å². The molecular formula is C7H16ClNO2. The molecule has 0 rings (SSSR count). The molecule has 0 heterocycles. The van der Waals surface area contributed by atoms with E-state index in [2.05, 4.69) is 0 Å². The molecule has 0 fully saturated rings. The Morgan fingerprint density at radius 2 is 2.00 bits per heavy atom. The van der Waals surface area contributed by atoms with E-state index in [1.54, 1.807) is 13.8 Å². The van der Waals surface area contributed by atoms with Crippen LogP contribution in [0, 0.1) is 5.41 Å². The quantitative estimate of drug-likeness (QED) is 0.687. The summed E-state index contributed by atoms with van der Waals surface area (Å²) < 4.78 is 0. The van der Waals surface area contributed by atoms with Gasteiger partial charge in [-0.25, -0.2) is 0 Å². The van der Waals surface area contributed by atoms with Gasteiger partial charge in [0.15, 0.2) is 0 Å². The summed E-state index contributed by atoms with van der Waals surface area (Å²) >= 11 is 0. The fourth-order valence-corrected chi connectivity index (χ4v) is 0.651. The number of carboxylic acid groups (broad SMARTS) is 1. The smallest absolute Gasteiger partial charge is 0.309 e. The van der Waals surface area contributed by atoms with E-state index in [-0.39, 0.29) is 12.4 Å². The highest BCUT2D eigenvalue weighted by atomic mass is 35.5. The summed E-state index contributed by atoms with van der Waals surface area (Å²) in [6.07, 6.45) is 1.43. The molecule has 3 nitrogen and oxygen atoms in total. The molecule has 0 aromatic carbocycles. The lowest BCUT2D eigenvalue weighted by Crippen LogP contribution is -2.24. The molecular weight excluding hydrogens is 166 g/mol.